The summed E-state index contributed by atoms with van der Waals surface area (Å²) in [5.41, 5.74) is 0.313. The number of hydrogen-bond acceptors (Lipinski definition) is 4. The minimum Gasteiger partial charge on any atom is -0.480 e. The fraction of sp³-hybridized carbons (Fsp3) is 0.636. The normalized spacial score (nSPS) is 11.9. The summed E-state index contributed by atoms with van der Waals surface area (Å²) in [6.07, 6.45) is 1.11. The first-order valence-corrected chi connectivity index (χ1v) is 5.27. The van der Waals surface area contributed by atoms with Gasteiger partial charge in [-0.1, -0.05) is 13.5 Å². The highest BCUT2D eigenvalue weighted by Gasteiger charge is 2.16. The summed E-state index contributed by atoms with van der Waals surface area (Å²) in [7, 11) is 0. The van der Waals surface area contributed by atoms with Gasteiger partial charge in [0.25, 0.3) is 0 Å². The van der Waals surface area contributed by atoms with Crippen LogP contribution >= 0.6 is 0 Å². The summed E-state index contributed by atoms with van der Waals surface area (Å²) < 4.78 is 4.82. The molecule has 0 rings (SSSR count). The van der Waals surface area contributed by atoms with Gasteiger partial charge in [-0.25, -0.2) is 4.79 Å². The highest BCUT2D eigenvalue weighted by atomic mass is 16.5. The number of carbonyl (C=O) groups is 2. The molecule has 1 atom stereocenters. The fourth-order valence-electron chi connectivity index (χ4n) is 1.02. The number of aliphatic carboxylic acids is 1. The predicted octanol–water partition coefficient (Wildman–Crippen LogP) is 0.949. The van der Waals surface area contributed by atoms with Crippen molar-refractivity contribution in [3.63, 3.8) is 0 Å². The highest BCUT2D eigenvalue weighted by Crippen LogP contribution is 1.97. The van der Waals surface area contributed by atoms with Crippen molar-refractivity contribution >= 4 is 11.9 Å². The van der Waals surface area contributed by atoms with Gasteiger partial charge in [0.05, 0.1) is 6.61 Å². The Kier molecular flexibility index (Phi) is 7.20. The quantitative estimate of drug-likeness (QED) is 0.478. The zero-order valence-electron chi connectivity index (χ0n) is 9.78. The molecular weight excluding hydrogens is 210 g/mol. The van der Waals surface area contributed by atoms with Gasteiger partial charge in [-0.15, -0.1) is 0 Å². The van der Waals surface area contributed by atoms with E-state index < -0.39 is 18.0 Å². The van der Waals surface area contributed by atoms with Crippen LogP contribution in [0.1, 0.15) is 26.7 Å². The lowest BCUT2D eigenvalue weighted by Crippen LogP contribution is -2.38. The van der Waals surface area contributed by atoms with E-state index in [9.17, 15) is 9.59 Å². The summed E-state index contributed by atoms with van der Waals surface area (Å²) in [6.45, 7) is 7.64. The molecule has 0 aliphatic rings. The second-order valence-corrected chi connectivity index (χ2v) is 3.55. The summed E-state index contributed by atoms with van der Waals surface area (Å²) in [5.74, 6) is -1.42. The van der Waals surface area contributed by atoms with Gasteiger partial charge in [0.15, 0.2) is 0 Å². The molecule has 0 aliphatic carbocycles. The maximum absolute atomic E-state index is 11.0. The highest BCUT2D eigenvalue weighted by molar-refractivity contribution is 5.86. The standard InChI is InChI=1S/C11H19NO4/c1-4-6-12-9(10(13)14)5-7-16-11(15)8(2)3/h9,12H,2,4-7H2,1,3H3,(H,13,14)/t9-/m0/s1. The van der Waals surface area contributed by atoms with Gasteiger partial charge < -0.3 is 15.2 Å². The SMILES string of the molecule is C=C(C)C(=O)OCC[C@H](NCCC)C(=O)O. The summed E-state index contributed by atoms with van der Waals surface area (Å²) in [4.78, 5) is 21.8. The van der Waals surface area contributed by atoms with Crippen LogP contribution < -0.4 is 5.32 Å². The van der Waals surface area contributed by atoms with Crippen molar-refractivity contribution < 1.29 is 19.4 Å². The lowest BCUT2D eigenvalue weighted by Gasteiger charge is -2.13. The number of carboxylic acid groups (broad SMARTS) is 1. The lowest BCUT2D eigenvalue weighted by atomic mass is 10.2. The molecule has 0 fully saturated rings. The van der Waals surface area contributed by atoms with E-state index in [-0.39, 0.29) is 13.0 Å². The predicted molar refractivity (Wildman–Crippen MR) is 60.1 cm³/mol. The molecule has 0 radical (unpaired) electrons. The third-order valence-electron chi connectivity index (χ3n) is 1.93. The average molecular weight is 229 g/mol. The van der Waals surface area contributed by atoms with Crippen LogP contribution in [0.25, 0.3) is 0 Å². The molecular formula is C11H19NO4. The van der Waals surface area contributed by atoms with E-state index in [2.05, 4.69) is 11.9 Å². The smallest absolute Gasteiger partial charge is 0.333 e. The molecule has 2 N–H and O–H groups in total. The Morgan fingerprint density at radius 2 is 2.12 bits per heavy atom. The van der Waals surface area contributed by atoms with Gasteiger partial charge in [-0.3, -0.25) is 4.79 Å². The van der Waals surface area contributed by atoms with Gasteiger partial charge in [-0.05, 0) is 19.9 Å². The second kappa shape index (κ2) is 7.87. The van der Waals surface area contributed by atoms with Gasteiger partial charge in [0, 0.05) is 12.0 Å². The van der Waals surface area contributed by atoms with Crippen LogP contribution in [-0.4, -0.2) is 36.2 Å². The Morgan fingerprint density at radius 3 is 2.56 bits per heavy atom. The summed E-state index contributed by atoms with van der Waals surface area (Å²) in [5, 5.41) is 11.7. The van der Waals surface area contributed by atoms with Crippen molar-refractivity contribution in [3.8, 4) is 0 Å². The van der Waals surface area contributed by atoms with E-state index in [1.807, 2.05) is 6.92 Å². The van der Waals surface area contributed by atoms with Crippen LogP contribution in [-0.2, 0) is 14.3 Å². The Balaban J connectivity index is 3.89. The Labute approximate surface area is 95.5 Å². The number of carboxylic acids is 1. The van der Waals surface area contributed by atoms with Crippen molar-refractivity contribution in [2.45, 2.75) is 32.7 Å². The van der Waals surface area contributed by atoms with E-state index in [4.69, 9.17) is 9.84 Å². The maximum Gasteiger partial charge on any atom is 0.333 e. The largest absolute Gasteiger partial charge is 0.480 e. The van der Waals surface area contributed by atoms with E-state index in [1.165, 1.54) is 0 Å². The Hall–Kier alpha value is -1.36. The van der Waals surface area contributed by atoms with Gasteiger partial charge in [0.2, 0.25) is 0 Å². The molecule has 0 saturated carbocycles. The first-order valence-electron chi connectivity index (χ1n) is 5.27. The summed E-state index contributed by atoms with van der Waals surface area (Å²) in [6, 6.07) is -0.669. The van der Waals surface area contributed by atoms with Crippen molar-refractivity contribution in [3.05, 3.63) is 12.2 Å². The molecule has 0 bridgehead atoms. The topological polar surface area (TPSA) is 75.6 Å². The zero-order chi connectivity index (χ0) is 12.6. The maximum atomic E-state index is 11.0. The third-order valence-corrected chi connectivity index (χ3v) is 1.93. The Bertz CT molecular complexity index is 263. The fourth-order valence-corrected chi connectivity index (χ4v) is 1.02. The molecule has 0 spiro atoms. The van der Waals surface area contributed by atoms with Crippen molar-refractivity contribution in [2.24, 2.45) is 0 Å². The molecule has 0 aliphatic heterocycles. The van der Waals surface area contributed by atoms with Crippen LogP contribution in [0.15, 0.2) is 12.2 Å². The first kappa shape index (κ1) is 14.6. The van der Waals surface area contributed by atoms with E-state index >= 15 is 0 Å². The minimum absolute atomic E-state index is 0.0827. The van der Waals surface area contributed by atoms with Crippen molar-refractivity contribution in [1.82, 2.24) is 5.32 Å². The minimum atomic E-state index is -0.931. The molecule has 0 unspecified atom stereocenters. The Morgan fingerprint density at radius 1 is 1.50 bits per heavy atom. The third kappa shape index (κ3) is 6.19. The van der Waals surface area contributed by atoms with E-state index in [0.29, 0.717) is 12.1 Å². The average Bonchev–Trinajstić information content (AvgIpc) is 2.21. The summed E-state index contributed by atoms with van der Waals surface area (Å²) >= 11 is 0. The zero-order valence-corrected chi connectivity index (χ0v) is 9.78. The molecule has 0 heterocycles. The molecule has 0 aromatic heterocycles. The van der Waals surface area contributed by atoms with Crippen LogP contribution in [0.4, 0.5) is 0 Å². The number of carbonyl (C=O) groups excluding carboxylic acids is 1. The lowest BCUT2D eigenvalue weighted by molar-refractivity contribution is -0.143. The molecule has 92 valence electrons. The molecule has 0 saturated heterocycles. The monoisotopic (exact) mass is 229 g/mol. The van der Waals surface area contributed by atoms with Crippen LogP contribution in [0.2, 0.25) is 0 Å². The van der Waals surface area contributed by atoms with Gasteiger partial charge >= 0.3 is 11.9 Å². The number of rotatable bonds is 8. The van der Waals surface area contributed by atoms with Crippen molar-refractivity contribution in [2.75, 3.05) is 13.2 Å². The molecule has 5 nitrogen and oxygen atoms in total. The van der Waals surface area contributed by atoms with Crippen molar-refractivity contribution in [1.29, 1.82) is 0 Å². The van der Waals surface area contributed by atoms with E-state index in [1.54, 1.807) is 6.92 Å². The molecule has 16 heavy (non-hydrogen) atoms. The molecule has 0 aromatic carbocycles. The van der Waals surface area contributed by atoms with Crippen LogP contribution in [0.3, 0.4) is 0 Å². The number of esters is 1. The first-order chi connectivity index (χ1) is 7.49. The van der Waals surface area contributed by atoms with Crippen LogP contribution in [0.5, 0.6) is 0 Å². The number of hydrogen-bond donors (Lipinski definition) is 2. The molecule has 5 heteroatoms. The molecule has 0 amide bonds. The molecule has 0 aromatic rings. The number of nitrogens with one attached hydrogen (secondary N) is 1. The van der Waals surface area contributed by atoms with Gasteiger partial charge in [0.1, 0.15) is 6.04 Å². The van der Waals surface area contributed by atoms with Gasteiger partial charge in [-0.2, -0.15) is 0 Å². The van der Waals surface area contributed by atoms with E-state index in [0.717, 1.165) is 6.42 Å². The second-order valence-electron chi connectivity index (χ2n) is 3.55. The number of ether oxygens (including phenoxy) is 1. The van der Waals surface area contributed by atoms with Crippen LogP contribution in [0, 0.1) is 0 Å².